The van der Waals surface area contributed by atoms with Crippen LogP contribution in [0.4, 0.5) is 5.69 Å². The Hall–Kier alpha value is -2.87. The summed E-state index contributed by atoms with van der Waals surface area (Å²) < 4.78 is 0. The highest BCUT2D eigenvalue weighted by atomic mass is 32.2. The first-order valence-electron chi connectivity index (χ1n) is 12.5. The highest BCUT2D eigenvalue weighted by Crippen LogP contribution is 2.39. The van der Waals surface area contributed by atoms with E-state index < -0.39 is 12.1 Å². The van der Waals surface area contributed by atoms with Gasteiger partial charge < -0.3 is 10.6 Å². The van der Waals surface area contributed by atoms with Crippen molar-refractivity contribution in [2.24, 2.45) is 10.9 Å². The molecule has 1 aromatic carbocycles. The Morgan fingerprint density at radius 3 is 2.83 bits per heavy atom. The van der Waals surface area contributed by atoms with Crippen molar-refractivity contribution in [1.29, 1.82) is 0 Å². The normalized spacial score (nSPS) is 27.1. The summed E-state index contributed by atoms with van der Waals surface area (Å²) in [5, 5.41) is 7.18. The van der Waals surface area contributed by atoms with E-state index in [-0.39, 0.29) is 34.9 Å². The van der Waals surface area contributed by atoms with Gasteiger partial charge in [-0.3, -0.25) is 24.3 Å². The lowest BCUT2D eigenvalue weighted by molar-refractivity contribution is -0.129. The molecule has 184 valence electrons. The molecule has 3 heterocycles. The maximum atomic E-state index is 13.7. The Labute approximate surface area is 210 Å². The summed E-state index contributed by atoms with van der Waals surface area (Å²) in [4.78, 5) is 46.0. The number of hydrogen-bond acceptors (Lipinski definition) is 5. The number of carbonyl (C=O) groups is 3. The van der Waals surface area contributed by atoms with Crippen LogP contribution < -0.4 is 15.5 Å². The Morgan fingerprint density at radius 2 is 2.03 bits per heavy atom. The topological polar surface area (TPSA) is 90.9 Å². The van der Waals surface area contributed by atoms with Gasteiger partial charge in [0.2, 0.25) is 17.7 Å². The molecule has 7 nitrogen and oxygen atoms in total. The summed E-state index contributed by atoms with van der Waals surface area (Å²) in [6.07, 6.45) is 11.2. The van der Waals surface area contributed by atoms with Gasteiger partial charge in [0.05, 0.1) is 28.6 Å². The third kappa shape index (κ3) is 4.81. The zero-order valence-electron chi connectivity index (χ0n) is 20.2. The van der Waals surface area contributed by atoms with Gasteiger partial charge in [-0.2, -0.15) is 0 Å². The molecule has 1 aliphatic carbocycles. The van der Waals surface area contributed by atoms with Gasteiger partial charge in [0.25, 0.3) is 0 Å². The van der Waals surface area contributed by atoms with Crippen LogP contribution >= 0.6 is 11.8 Å². The van der Waals surface area contributed by atoms with Gasteiger partial charge in [-0.25, -0.2) is 0 Å². The quantitative estimate of drug-likeness (QED) is 0.612. The maximum Gasteiger partial charge on any atom is 0.250 e. The molecule has 3 amide bonds. The van der Waals surface area contributed by atoms with E-state index in [1.54, 1.807) is 16.7 Å². The first-order chi connectivity index (χ1) is 16.9. The number of amides is 3. The van der Waals surface area contributed by atoms with Crippen molar-refractivity contribution in [3.8, 4) is 0 Å². The summed E-state index contributed by atoms with van der Waals surface area (Å²) in [6.45, 7) is 4.44. The number of nitrogens with zero attached hydrogens (tertiary/aromatic N) is 2. The van der Waals surface area contributed by atoms with E-state index in [0.29, 0.717) is 32.2 Å². The van der Waals surface area contributed by atoms with Crippen molar-refractivity contribution in [2.45, 2.75) is 69.3 Å². The third-order valence-corrected chi connectivity index (χ3v) is 8.54. The Balaban J connectivity index is 1.31. The number of rotatable bonds is 7. The second kappa shape index (κ2) is 10.0. The number of anilines is 1. The van der Waals surface area contributed by atoms with E-state index >= 15 is 0 Å². The lowest BCUT2D eigenvalue weighted by atomic mass is 10.0. The maximum absolute atomic E-state index is 13.7. The molecule has 0 aromatic heterocycles. The number of hydrogen-bond donors (Lipinski definition) is 2. The summed E-state index contributed by atoms with van der Waals surface area (Å²) in [5.74, 6) is -0.224. The van der Waals surface area contributed by atoms with E-state index in [1.165, 1.54) is 0 Å². The third-order valence-electron chi connectivity index (χ3n) is 7.31. The monoisotopic (exact) mass is 492 g/mol. The fourth-order valence-corrected chi connectivity index (χ4v) is 6.32. The molecule has 0 saturated heterocycles. The number of nitrogens with one attached hydrogen (secondary N) is 2. The summed E-state index contributed by atoms with van der Waals surface area (Å²) in [5.41, 5.74) is 2.92. The highest BCUT2D eigenvalue weighted by molar-refractivity contribution is 8.15. The minimum Gasteiger partial charge on any atom is -0.348 e. The van der Waals surface area contributed by atoms with E-state index in [2.05, 4.69) is 29.7 Å². The summed E-state index contributed by atoms with van der Waals surface area (Å²) in [7, 11) is 0. The minimum atomic E-state index is -0.628. The Bertz CT molecular complexity index is 1130. The van der Waals surface area contributed by atoms with E-state index in [0.717, 1.165) is 28.3 Å². The minimum absolute atomic E-state index is 0.107. The highest BCUT2D eigenvalue weighted by Gasteiger charge is 2.44. The van der Waals surface area contributed by atoms with Crippen molar-refractivity contribution in [2.75, 3.05) is 11.4 Å². The number of fused-ring (bicyclic) bond motifs is 1. The summed E-state index contributed by atoms with van der Waals surface area (Å²) in [6, 6.07) is 4.88. The van der Waals surface area contributed by atoms with Crippen LogP contribution in [0.1, 0.15) is 44.2 Å². The van der Waals surface area contributed by atoms with Crippen LogP contribution in [0, 0.1) is 5.92 Å². The molecule has 0 spiro atoms. The molecule has 35 heavy (non-hydrogen) atoms. The van der Waals surface area contributed by atoms with Crippen LogP contribution in [0.25, 0.3) is 0 Å². The van der Waals surface area contributed by atoms with E-state index in [1.807, 2.05) is 37.3 Å². The number of aryl methyl sites for hydroxylation is 1. The molecule has 0 fully saturated rings. The first-order valence-corrected chi connectivity index (χ1v) is 13.4. The largest absolute Gasteiger partial charge is 0.348 e. The molecular weight excluding hydrogens is 460 g/mol. The van der Waals surface area contributed by atoms with Crippen molar-refractivity contribution in [1.82, 2.24) is 10.6 Å². The van der Waals surface area contributed by atoms with Gasteiger partial charge in [-0.15, -0.1) is 0 Å². The first kappa shape index (κ1) is 23.9. The van der Waals surface area contributed by atoms with Crippen molar-refractivity contribution >= 4 is 40.2 Å². The average Bonchev–Trinajstić information content (AvgIpc) is 3.42. The van der Waals surface area contributed by atoms with Gasteiger partial charge in [0.15, 0.2) is 0 Å². The van der Waals surface area contributed by atoms with Gasteiger partial charge in [-0.1, -0.05) is 74.5 Å². The second-order valence-electron chi connectivity index (χ2n) is 9.81. The molecular formula is C27H32N4O3S. The molecule has 1 aromatic rings. The van der Waals surface area contributed by atoms with Gasteiger partial charge in [0, 0.05) is 12.8 Å². The van der Waals surface area contributed by atoms with Gasteiger partial charge in [0.1, 0.15) is 12.1 Å². The fraction of sp³-hybridized carbons (Fsp3) is 0.481. The summed E-state index contributed by atoms with van der Waals surface area (Å²) >= 11 is 1.67. The number of carbonyl (C=O) groups excluding carboxylic acids is 3. The molecule has 5 atom stereocenters. The van der Waals surface area contributed by atoms with Crippen LogP contribution in [-0.2, 0) is 27.2 Å². The average molecular weight is 493 g/mol. The van der Waals surface area contributed by atoms with E-state index in [9.17, 15) is 14.4 Å². The number of allylic oxidation sites excluding steroid dienone is 2. The van der Waals surface area contributed by atoms with Gasteiger partial charge >= 0.3 is 0 Å². The van der Waals surface area contributed by atoms with Crippen molar-refractivity contribution in [3.05, 3.63) is 53.6 Å². The molecule has 2 N–H and O–H groups in total. The van der Waals surface area contributed by atoms with Crippen molar-refractivity contribution < 1.29 is 14.4 Å². The predicted molar refractivity (Wildman–Crippen MR) is 140 cm³/mol. The van der Waals surface area contributed by atoms with E-state index in [4.69, 9.17) is 4.99 Å². The molecule has 5 unspecified atom stereocenters. The van der Waals surface area contributed by atoms with Crippen molar-refractivity contribution in [3.63, 3.8) is 0 Å². The fourth-order valence-electron chi connectivity index (χ4n) is 5.21. The van der Waals surface area contributed by atoms with Gasteiger partial charge in [-0.05, 0) is 29.9 Å². The number of para-hydroxylation sites is 1. The zero-order valence-corrected chi connectivity index (χ0v) is 21.0. The second-order valence-corrected chi connectivity index (χ2v) is 11.1. The molecule has 0 saturated carbocycles. The van der Waals surface area contributed by atoms with Crippen LogP contribution in [0.5, 0.6) is 0 Å². The number of benzene rings is 1. The molecule has 0 bridgehead atoms. The predicted octanol–water partition coefficient (Wildman–Crippen LogP) is 2.94. The smallest absolute Gasteiger partial charge is 0.250 e. The number of thioether (sulfide) groups is 1. The lowest BCUT2D eigenvalue weighted by Crippen LogP contribution is -2.54. The van der Waals surface area contributed by atoms with Crippen LogP contribution in [-0.4, -0.2) is 52.7 Å². The lowest BCUT2D eigenvalue weighted by Gasteiger charge is -2.28. The standard InChI is InChI=1S/C27H32N4O3S/c1-3-16(2)13-23(32)29-20-12-11-17-7-6-8-18-14-21(31(25(17)18)27(20)34)26(33)28-15-24-30-19-9-4-5-10-22(19)35-24/h4-10,16,19-22H,3,11-15H2,1-2H3,(H,28,33)(H,29,32). The van der Waals surface area contributed by atoms with Crippen LogP contribution in [0.2, 0.25) is 0 Å². The zero-order chi connectivity index (χ0) is 24.5. The Morgan fingerprint density at radius 1 is 1.23 bits per heavy atom. The molecule has 3 aliphatic heterocycles. The molecule has 4 aliphatic rings. The number of aliphatic imine (C=N–C) groups is 1. The molecule has 5 rings (SSSR count). The van der Waals surface area contributed by atoms with Crippen LogP contribution in [0.15, 0.2) is 47.5 Å². The molecule has 0 radical (unpaired) electrons. The van der Waals surface area contributed by atoms with Crippen LogP contribution in [0.3, 0.4) is 0 Å². The SMILES string of the molecule is CCC(C)CC(=O)NC1CCc2cccc3c2N(C1=O)C(C(=O)NCC1=NC2C=CC=CC2S1)C3. The molecule has 8 heteroatoms. The Kier molecular flexibility index (Phi) is 6.82.